The number of ether oxygens (including phenoxy) is 1. The van der Waals surface area contributed by atoms with Gasteiger partial charge in [0.2, 0.25) is 5.88 Å². The van der Waals surface area contributed by atoms with Crippen molar-refractivity contribution in [2.45, 2.75) is 13.5 Å². The van der Waals surface area contributed by atoms with Crippen molar-refractivity contribution in [1.82, 2.24) is 4.98 Å². The highest BCUT2D eigenvalue weighted by atomic mass is 79.9. The molecular weight excluding hydrogens is 292 g/mol. The molecule has 1 aromatic carbocycles. The van der Waals surface area contributed by atoms with Crippen molar-refractivity contribution in [3.8, 4) is 5.88 Å². The number of nitrogens with zero attached hydrogens (tertiary/aromatic N) is 1. The van der Waals surface area contributed by atoms with E-state index in [2.05, 4.69) is 51.4 Å². The molecule has 0 bridgehead atoms. The predicted octanol–water partition coefficient (Wildman–Crippen LogP) is 3.77. The average Bonchev–Trinajstić information content (AvgIpc) is 2.38. The van der Waals surface area contributed by atoms with Gasteiger partial charge in [0.05, 0.1) is 7.11 Å². The first-order valence-corrected chi connectivity index (χ1v) is 6.48. The fraction of sp³-hybridized carbons (Fsp3) is 0.214. The molecule has 0 aliphatic heterocycles. The zero-order valence-corrected chi connectivity index (χ0v) is 12.0. The van der Waals surface area contributed by atoms with Crippen LogP contribution in [0.2, 0.25) is 0 Å². The maximum atomic E-state index is 5.22. The van der Waals surface area contributed by atoms with Crippen LogP contribution >= 0.6 is 15.9 Å². The lowest BCUT2D eigenvalue weighted by molar-refractivity contribution is 0.393. The predicted molar refractivity (Wildman–Crippen MR) is 77.0 cm³/mol. The van der Waals surface area contributed by atoms with Crippen LogP contribution in [0.4, 0.5) is 5.69 Å². The lowest BCUT2D eigenvalue weighted by atomic mass is 10.2. The molecule has 1 N–H and O–H groups in total. The summed E-state index contributed by atoms with van der Waals surface area (Å²) in [5.74, 6) is 0.660. The lowest BCUT2D eigenvalue weighted by Crippen LogP contribution is -2.03. The number of rotatable bonds is 4. The molecule has 0 aliphatic carbocycles. The Balaban J connectivity index is 2.11. The molecule has 0 aliphatic rings. The Morgan fingerprint density at radius 2 is 2.17 bits per heavy atom. The first-order chi connectivity index (χ1) is 8.70. The van der Waals surface area contributed by atoms with Gasteiger partial charge in [-0.05, 0) is 46.6 Å². The van der Waals surface area contributed by atoms with Gasteiger partial charge < -0.3 is 10.1 Å². The van der Waals surface area contributed by atoms with Crippen molar-refractivity contribution in [1.29, 1.82) is 0 Å². The van der Waals surface area contributed by atoms with E-state index in [9.17, 15) is 0 Å². The summed E-state index contributed by atoms with van der Waals surface area (Å²) < 4.78 is 6.28. The van der Waals surface area contributed by atoms with E-state index in [0.717, 1.165) is 15.7 Å². The summed E-state index contributed by atoms with van der Waals surface area (Å²) in [7, 11) is 1.63. The Bertz CT molecular complexity index is 543. The number of pyridine rings is 1. The van der Waals surface area contributed by atoms with Gasteiger partial charge in [0.15, 0.2) is 0 Å². The molecule has 0 saturated carbocycles. The van der Waals surface area contributed by atoms with E-state index >= 15 is 0 Å². The van der Waals surface area contributed by atoms with Crippen molar-refractivity contribution in [2.24, 2.45) is 0 Å². The lowest BCUT2D eigenvalue weighted by Gasteiger charge is -2.11. The van der Waals surface area contributed by atoms with Crippen molar-refractivity contribution in [3.05, 3.63) is 52.1 Å². The fourth-order valence-corrected chi connectivity index (χ4v) is 2.33. The summed E-state index contributed by atoms with van der Waals surface area (Å²) in [6.07, 6.45) is 1.73. The largest absolute Gasteiger partial charge is 0.481 e. The first kappa shape index (κ1) is 12.9. The quantitative estimate of drug-likeness (QED) is 0.933. The molecule has 0 spiro atoms. The molecule has 1 aromatic heterocycles. The molecule has 18 heavy (non-hydrogen) atoms. The van der Waals surface area contributed by atoms with Crippen molar-refractivity contribution >= 4 is 21.6 Å². The van der Waals surface area contributed by atoms with Crippen LogP contribution in [-0.4, -0.2) is 12.1 Å². The average molecular weight is 307 g/mol. The molecule has 0 amide bonds. The maximum absolute atomic E-state index is 5.22. The number of anilines is 1. The minimum atomic E-state index is 0.660. The number of hydrogen-bond donors (Lipinski definition) is 1. The first-order valence-electron chi connectivity index (χ1n) is 5.68. The van der Waals surface area contributed by atoms with Crippen molar-refractivity contribution < 1.29 is 4.74 Å². The molecule has 94 valence electrons. The van der Waals surface area contributed by atoms with E-state index in [4.69, 9.17) is 4.74 Å². The normalized spacial score (nSPS) is 10.2. The van der Waals surface area contributed by atoms with E-state index < -0.39 is 0 Å². The van der Waals surface area contributed by atoms with Crippen LogP contribution in [0, 0.1) is 6.92 Å². The van der Waals surface area contributed by atoms with Gasteiger partial charge in [-0.2, -0.15) is 0 Å². The van der Waals surface area contributed by atoms with Crippen LogP contribution < -0.4 is 10.1 Å². The van der Waals surface area contributed by atoms with Crippen LogP contribution in [0.15, 0.2) is 41.0 Å². The molecule has 0 saturated heterocycles. The molecule has 2 rings (SSSR count). The second kappa shape index (κ2) is 5.87. The number of benzene rings is 1. The molecule has 2 aromatic rings. The van der Waals surface area contributed by atoms with E-state index in [0.29, 0.717) is 12.4 Å². The second-order valence-corrected chi connectivity index (χ2v) is 4.86. The highest BCUT2D eigenvalue weighted by molar-refractivity contribution is 9.10. The summed E-state index contributed by atoms with van der Waals surface area (Å²) in [6, 6.07) is 10.1. The highest BCUT2D eigenvalue weighted by Crippen LogP contribution is 2.24. The Labute approximate surface area is 115 Å². The van der Waals surface area contributed by atoms with Crippen LogP contribution in [-0.2, 0) is 6.54 Å². The number of halogens is 1. The number of aromatic nitrogens is 1. The molecule has 1 heterocycles. The molecule has 4 heteroatoms. The van der Waals surface area contributed by atoms with Gasteiger partial charge in [-0.3, -0.25) is 0 Å². The van der Waals surface area contributed by atoms with Gasteiger partial charge in [0.1, 0.15) is 0 Å². The summed E-state index contributed by atoms with van der Waals surface area (Å²) in [6.45, 7) is 2.75. The standard InChI is InChI=1S/C14H15BrN2O/c1-10-5-6-13(12(15)8-10)17-9-11-4-3-7-16-14(11)18-2/h3-8,17H,9H2,1-2H3. The zero-order valence-electron chi connectivity index (χ0n) is 10.4. The number of methoxy groups -OCH3 is 1. The fourth-order valence-electron chi connectivity index (χ4n) is 1.70. The van der Waals surface area contributed by atoms with Crippen LogP contribution in [0.3, 0.4) is 0 Å². The molecule has 0 unspecified atom stereocenters. The third-order valence-electron chi connectivity index (χ3n) is 2.64. The van der Waals surface area contributed by atoms with Gasteiger partial charge in [0.25, 0.3) is 0 Å². The third-order valence-corrected chi connectivity index (χ3v) is 3.29. The van der Waals surface area contributed by atoms with E-state index in [-0.39, 0.29) is 0 Å². The van der Waals surface area contributed by atoms with Crippen molar-refractivity contribution in [2.75, 3.05) is 12.4 Å². The van der Waals surface area contributed by atoms with Crippen molar-refractivity contribution in [3.63, 3.8) is 0 Å². The van der Waals surface area contributed by atoms with Crippen LogP contribution in [0.25, 0.3) is 0 Å². The van der Waals surface area contributed by atoms with Gasteiger partial charge in [-0.15, -0.1) is 0 Å². The van der Waals surface area contributed by atoms with Gasteiger partial charge in [-0.25, -0.2) is 4.98 Å². The highest BCUT2D eigenvalue weighted by Gasteiger charge is 2.04. The smallest absolute Gasteiger partial charge is 0.218 e. The summed E-state index contributed by atoms with van der Waals surface area (Å²) in [5.41, 5.74) is 3.32. The number of aryl methyl sites for hydroxylation is 1. The van der Waals surface area contributed by atoms with Crippen LogP contribution in [0.1, 0.15) is 11.1 Å². The Morgan fingerprint density at radius 3 is 2.89 bits per heavy atom. The second-order valence-electron chi connectivity index (χ2n) is 4.01. The number of nitrogens with one attached hydrogen (secondary N) is 1. The summed E-state index contributed by atoms with van der Waals surface area (Å²) >= 11 is 3.55. The number of hydrogen-bond acceptors (Lipinski definition) is 3. The van der Waals surface area contributed by atoms with E-state index in [1.165, 1.54) is 5.56 Å². The zero-order chi connectivity index (χ0) is 13.0. The van der Waals surface area contributed by atoms with Gasteiger partial charge in [-0.1, -0.05) is 12.1 Å². The van der Waals surface area contributed by atoms with E-state index in [1.807, 2.05) is 12.1 Å². The molecule has 3 nitrogen and oxygen atoms in total. The van der Waals surface area contributed by atoms with Gasteiger partial charge in [0, 0.05) is 28.5 Å². The monoisotopic (exact) mass is 306 g/mol. The van der Waals surface area contributed by atoms with Crippen LogP contribution in [0.5, 0.6) is 5.88 Å². The maximum Gasteiger partial charge on any atom is 0.218 e. The minimum Gasteiger partial charge on any atom is -0.481 e. The molecule has 0 fully saturated rings. The minimum absolute atomic E-state index is 0.660. The Hall–Kier alpha value is -1.55. The molecular formula is C14H15BrN2O. The summed E-state index contributed by atoms with van der Waals surface area (Å²) in [5, 5.41) is 3.36. The Morgan fingerprint density at radius 1 is 1.33 bits per heavy atom. The SMILES string of the molecule is COc1ncccc1CNc1ccc(C)cc1Br. The molecule has 0 radical (unpaired) electrons. The van der Waals surface area contributed by atoms with Gasteiger partial charge >= 0.3 is 0 Å². The Kier molecular flexibility index (Phi) is 4.20. The van der Waals surface area contributed by atoms with E-state index in [1.54, 1.807) is 13.3 Å². The summed E-state index contributed by atoms with van der Waals surface area (Å²) in [4.78, 5) is 4.17. The molecule has 0 atom stereocenters. The topological polar surface area (TPSA) is 34.1 Å². The third kappa shape index (κ3) is 3.01.